The first kappa shape index (κ1) is 10.8. The van der Waals surface area contributed by atoms with Gasteiger partial charge in [-0.05, 0) is 0 Å². The molecule has 0 aliphatic rings. The van der Waals surface area contributed by atoms with E-state index < -0.39 is 0 Å². The maximum Gasteiger partial charge on any atom is 1.00 e. The maximum absolute atomic E-state index is 5.21. The molecule has 0 aromatic heterocycles. The van der Waals surface area contributed by atoms with Crippen molar-refractivity contribution in [3.8, 4) is 0 Å². The standard InChI is InChI=1S/C4H8B.Rb/c1-3-4(2)5;/h3H2,1-2H3;/q-1;+1. The predicted octanol–water partition coefficient (Wildman–Crippen LogP) is -1.88. The fourth-order valence-electron chi connectivity index (χ4n) is 0. The Kier molecular flexibility index (Phi) is 12.3. The molecule has 0 nitrogen and oxygen atoms in total. The van der Waals surface area contributed by atoms with Crippen molar-refractivity contribution in [1.29, 1.82) is 0 Å². The summed E-state index contributed by atoms with van der Waals surface area (Å²) in [5.41, 5.74) is 0. The van der Waals surface area contributed by atoms with Gasteiger partial charge in [0.2, 0.25) is 0 Å². The molecule has 0 fully saturated rings. The Balaban J connectivity index is 0. The number of hydrogen-bond acceptors (Lipinski definition) is 0. The fraction of sp³-hybridized carbons (Fsp3) is 0.750. The Morgan fingerprint density at radius 2 is 1.83 bits per heavy atom. The molecule has 0 heterocycles. The monoisotopic (exact) mass is 152 g/mol. The van der Waals surface area contributed by atoms with E-state index in [1.165, 1.54) is 0 Å². The van der Waals surface area contributed by atoms with Gasteiger partial charge >= 0.3 is 58.2 Å². The smallest absolute Gasteiger partial charge is 0.356 e. The van der Waals surface area contributed by atoms with Gasteiger partial charge in [-0.2, -0.15) is 21.2 Å². The Hall–Kier alpha value is 1.87. The van der Waals surface area contributed by atoms with E-state index in [-0.39, 0.29) is 58.2 Å². The fourth-order valence-corrected chi connectivity index (χ4v) is 0. The van der Waals surface area contributed by atoms with Crippen LogP contribution in [0.2, 0.25) is 0 Å². The van der Waals surface area contributed by atoms with E-state index in [2.05, 4.69) is 0 Å². The van der Waals surface area contributed by atoms with Crippen molar-refractivity contribution in [3.05, 3.63) is 5.82 Å². The maximum atomic E-state index is 5.21. The van der Waals surface area contributed by atoms with E-state index in [0.717, 1.165) is 12.2 Å². The van der Waals surface area contributed by atoms with Crippen LogP contribution < -0.4 is 58.2 Å². The second-order valence-electron chi connectivity index (χ2n) is 1.20. The molecule has 0 amide bonds. The summed E-state index contributed by atoms with van der Waals surface area (Å²) in [6.07, 6.45) is 1.00. The zero-order valence-electron chi connectivity index (χ0n) is 4.78. The van der Waals surface area contributed by atoms with Crippen molar-refractivity contribution < 1.29 is 58.2 Å². The third-order valence-electron chi connectivity index (χ3n) is 0.558. The van der Waals surface area contributed by atoms with Gasteiger partial charge in [0, 0.05) is 0 Å². The third kappa shape index (κ3) is 9.30. The van der Waals surface area contributed by atoms with Crippen LogP contribution in [0.5, 0.6) is 0 Å². The molecule has 0 aliphatic carbocycles. The van der Waals surface area contributed by atoms with Crippen LogP contribution in [0, 0.1) is 5.82 Å². The first-order valence-corrected chi connectivity index (χ1v) is 1.85. The first-order valence-electron chi connectivity index (χ1n) is 1.85. The average Bonchev–Trinajstić information content (AvgIpc) is 1.38. The summed E-state index contributed by atoms with van der Waals surface area (Å²) in [5, 5.41) is 0. The summed E-state index contributed by atoms with van der Waals surface area (Å²) in [6, 6.07) is 0. The van der Waals surface area contributed by atoms with Gasteiger partial charge in [-0.1, -0.05) is 6.92 Å². The molecule has 2 heteroatoms. The van der Waals surface area contributed by atoms with Crippen LogP contribution in [-0.2, 0) is 0 Å². The van der Waals surface area contributed by atoms with Crippen LogP contribution in [0.1, 0.15) is 20.3 Å². The van der Waals surface area contributed by atoms with E-state index in [0.29, 0.717) is 0 Å². The Morgan fingerprint density at radius 1 is 1.67 bits per heavy atom. The zero-order chi connectivity index (χ0) is 4.28. The number of hydrogen-bond donors (Lipinski definition) is 0. The van der Waals surface area contributed by atoms with Crippen molar-refractivity contribution in [2.45, 2.75) is 20.3 Å². The van der Waals surface area contributed by atoms with E-state index in [4.69, 9.17) is 7.85 Å². The second kappa shape index (κ2) is 6.87. The van der Waals surface area contributed by atoms with Gasteiger partial charge < -0.3 is 5.82 Å². The Labute approximate surface area is 90.3 Å². The molecule has 0 aromatic carbocycles. The molecular formula is C4H8BRb. The van der Waals surface area contributed by atoms with E-state index >= 15 is 0 Å². The van der Waals surface area contributed by atoms with Gasteiger partial charge in [0.05, 0.1) is 0 Å². The zero-order valence-corrected chi connectivity index (χ0v) is 9.70. The van der Waals surface area contributed by atoms with E-state index in [9.17, 15) is 0 Å². The largest absolute Gasteiger partial charge is 1.00 e. The molecule has 0 rings (SSSR count). The summed E-state index contributed by atoms with van der Waals surface area (Å²) in [5.74, 6) is 1.00. The van der Waals surface area contributed by atoms with Gasteiger partial charge in [0.15, 0.2) is 0 Å². The molecular weight excluding hydrogens is 144 g/mol. The van der Waals surface area contributed by atoms with Gasteiger partial charge in [0.25, 0.3) is 0 Å². The predicted molar refractivity (Wildman–Crippen MR) is 25.0 cm³/mol. The molecule has 28 valence electrons. The molecule has 0 aromatic rings. The van der Waals surface area contributed by atoms with Crippen molar-refractivity contribution in [3.63, 3.8) is 0 Å². The van der Waals surface area contributed by atoms with E-state index in [1.54, 1.807) is 0 Å². The molecule has 0 aliphatic heterocycles. The van der Waals surface area contributed by atoms with Crippen LogP contribution in [0.3, 0.4) is 0 Å². The summed E-state index contributed by atoms with van der Waals surface area (Å²) in [4.78, 5) is 0. The number of rotatable bonds is 1. The minimum Gasteiger partial charge on any atom is -0.356 e. The van der Waals surface area contributed by atoms with E-state index in [1.807, 2.05) is 13.8 Å². The molecule has 0 bridgehead atoms. The van der Waals surface area contributed by atoms with Crippen LogP contribution in [0.25, 0.3) is 0 Å². The Bertz CT molecular complexity index is 21.5. The van der Waals surface area contributed by atoms with Crippen molar-refractivity contribution in [2.75, 3.05) is 0 Å². The normalized spacial score (nSPS) is 7.83. The SMILES string of the molecule is [B][C-](C)CC.[Rb+]. The van der Waals surface area contributed by atoms with Crippen LogP contribution in [0.4, 0.5) is 0 Å². The minimum absolute atomic E-state index is 0. The summed E-state index contributed by atoms with van der Waals surface area (Å²) in [6.45, 7) is 3.95. The van der Waals surface area contributed by atoms with Crippen molar-refractivity contribution in [2.24, 2.45) is 0 Å². The second-order valence-corrected chi connectivity index (χ2v) is 1.20. The molecule has 2 radical (unpaired) electrons. The summed E-state index contributed by atoms with van der Waals surface area (Å²) < 4.78 is 0. The first-order chi connectivity index (χ1) is 2.27. The quantitative estimate of drug-likeness (QED) is 0.305. The van der Waals surface area contributed by atoms with Gasteiger partial charge in [-0.3, -0.25) is 0 Å². The molecule has 0 atom stereocenters. The van der Waals surface area contributed by atoms with Crippen LogP contribution in [-0.4, -0.2) is 7.85 Å². The van der Waals surface area contributed by atoms with Crippen LogP contribution >= 0.6 is 0 Å². The van der Waals surface area contributed by atoms with Gasteiger partial charge in [-0.15, -0.1) is 0 Å². The van der Waals surface area contributed by atoms with Crippen LogP contribution in [0.15, 0.2) is 0 Å². The molecule has 6 heavy (non-hydrogen) atoms. The third-order valence-corrected chi connectivity index (χ3v) is 0.558. The Morgan fingerprint density at radius 3 is 1.83 bits per heavy atom. The van der Waals surface area contributed by atoms with Crippen molar-refractivity contribution >= 4 is 7.85 Å². The molecule has 0 saturated heterocycles. The topological polar surface area (TPSA) is 0 Å². The molecule has 0 N–H and O–H groups in total. The van der Waals surface area contributed by atoms with Gasteiger partial charge in [0.1, 0.15) is 0 Å². The van der Waals surface area contributed by atoms with Gasteiger partial charge in [-0.25, -0.2) is 0 Å². The minimum atomic E-state index is 0. The average molecular weight is 152 g/mol. The molecule has 0 spiro atoms. The molecule has 0 unspecified atom stereocenters. The van der Waals surface area contributed by atoms with Crippen molar-refractivity contribution in [1.82, 2.24) is 0 Å². The summed E-state index contributed by atoms with van der Waals surface area (Å²) >= 11 is 0. The summed E-state index contributed by atoms with van der Waals surface area (Å²) in [7, 11) is 5.21. The molecule has 0 saturated carbocycles.